The fourth-order valence-corrected chi connectivity index (χ4v) is 1.65. The van der Waals surface area contributed by atoms with Crippen LogP contribution >= 0.6 is 0 Å². The molecular formula is C11H14O5. The molecule has 0 aliphatic carbocycles. The average molecular weight is 226 g/mol. The molecule has 0 unspecified atom stereocenters. The third kappa shape index (κ3) is 1.91. The molecule has 2 rings (SSSR count). The van der Waals surface area contributed by atoms with E-state index in [2.05, 4.69) is 0 Å². The minimum Gasteiger partial charge on any atom is -0.504 e. The highest BCUT2D eigenvalue weighted by molar-refractivity contribution is 5.53. The summed E-state index contributed by atoms with van der Waals surface area (Å²) in [5.74, 6) is 0.775. The molecule has 0 saturated carbocycles. The van der Waals surface area contributed by atoms with E-state index in [0.717, 1.165) is 0 Å². The van der Waals surface area contributed by atoms with Crippen LogP contribution in [0.2, 0.25) is 0 Å². The Balaban J connectivity index is 2.36. The highest BCUT2D eigenvalue weighted by atomic mass is 16.7. The summed E-state index contributed by atoms with van der Waals surface area (Å²) in [6.07, 6.45) is -0.439. The van der Waals surface area contributed by atoms with Crippen molar-refractivity contribution in [2.75, 3.05) is 27.4 Å². The first-order chi connectivity index (χ1) is 7.76. The van der Waals surface area contributed by atoms with Gasteiger partial charge in [0.25, 0.3) is 0 Å². The van der Waals surface area contributed by atoms with Crippen LogP contribution in [0.15, 0.2) is 12.1 Å². The Morgan fingerprint density at radius 1 is 1.19 bits per heavy atom. The van der Waals surface area contributed by atoms with Gasteiger partial charge in [-0.05, 0) is 12.1 Å². The molecule has 0 atom stereocenters. The van der Waals surface area contributed by atoms with Gasteiger partial charge in [0.2, 0.25) is 5.75 Å². The van der Waals surface area contributed by atoms with Gasteiger partial charge in [-0.25, -0.2) is 0 Å². The van der Waals surface area contributed by atoms with Crippen LogP contribution in [0, 0.1) is 0 Å². The standard InChI is InChI=1S/C11H14O5/c1-13-9-6-7(11-15-3-4-16-11)5-8(12)10(9)14-2/h5-6,11-12H,3-4H2,1-2H3. The van der Waals surface area contributed by atoms with E-state index in [9.17, 15) is 5.11 Å². The van der Waals surface area contributed by atoms with Gasteiger partial charge in [-0.2, -0.15) is 0 Å². The first-order valence-electron chi connectivity index (χ1n) is 4.94. The summed E-state index contributed by atoms with van der Waals surface area (Å²) in [5.41, 5.74) is 0.715. The van der Waals surface area contributed by atoms with Crippen LogP contribution in [0.1, 0.15) is 11.9 Å². The lowest BCUT2D eigenvalue weighted by Crippen LogP contribution is -2.00. The molecule has 1 aliphatic rings. The van der Waals surface area contributed by atoms with Gasteiger partial charge in [-0.1, -0.05) is 0 Å². The van der Waals surface area contributed by atoms with Gasteiger partial charge in [0.05, 0.1) is 27.4 Å². The summed E-state index contributed by atoms with van der Waals surface area (Å²) in [5, 5.41) is 9.75. The molecule has 1 N–H and O–H groups in total. The molecule has 1 heterocycles. The lowest BCUT2D eigenvalue weighted by Gasteiger charge is -2.14. The summed E-state index contributed by atoms with van der Waals surface area (Å²) >= 11 is 0. The number of benzene rings is 1. The van der Waals surface area contributed by atoms with Crippen molar-refractivity contribution in [2.45, 2.75) is 6.29 Å². The van der Waals surface area contributed by atoms with E-state index in [1.807, 2.05) is 0 Å². The maximum absolute atomic E-state index is 9.75. The molecule has 0 amide bonds. The number of aromatic hydroxyl groups is 1. The van der Waals surface area contributed by atoms with Crippen molar-refractivity contribution in [2.24, 2.45) is 0 Å². The first-order valence-corrected chi connectivity index (χ1v) is 4.94. The Morgan fingerprint density at radius 3 is 2.44 bits per heavy atom. The first kappa shape index (κ1) is 11.0. The van der Waals surface area contributed by atoms with Gasteiger partial charge < -0.3 is 24.1 Å². The molecule has 5 heteroatoms. The SMILES string of the molecule is COc1cc(C2OCCO2)cc(O)c1OC. The molecule has 0 aromatic heterocycles. The zero-order chi connectivity index (χ0) is 11.5. The van der Waals surface area contributed by atoms with Gasteiger partial charge in [-0.3, -0.25) is 0 Å². The number of methoxy groups -OCH3 is 2. The van der Waals surface area contributed by atoms with Crippen LogP contribution in [0.5, 0.6) is 17.2 Å². The molecule has 0 spiro atoms. The topological polar surface area (TPSA) is 57.2 Å². The largest absolute Gasteiger partial charge is 0.504 e. The second kappa shape index (κ2) is 4.59. The number of hydrogen-bond donors (Lipinski definition) is 1. The summed E-state index contributed by atoms with van der Waals surface area (Å²) in [6, 6.07) is 3.28. The lowest BCUT2D eigenvalue weighted by atomic mass is 10.1. The molecule has 1 aromatic carbocycles. The molecular weight excluding hydrogens is 212 g/mol. The van der Waals surface area contributed by atoms with Crippen LogP contribution in [-0.4, -0.2) is 32.5 Å². The van der Waals surface area contributed by atoms with Crippen LogP contribution in [-0.2, 0) is 9.47 Å². The maximum Gasteiger partial charge on any atom is 0.203 e. The highest BCUT2D eigenvalue weighted by Gasteiger charge is 2.22. The van der Waals surface area contributed by atoms with Crippen molar-refractivity contribution in [1.29, 1.82) is 0 Å². The lowest BCUT2D eigenvalue weighted by molar-refractivity contribution is -0.0443. The minimum atomic E-state index is -0.439. The van der Waals surface area contributed by atoms with Crippen molar-refractivity contribution in [3.63, 3.8) is 0 Å². The van der Waals surface area contributed by atoms with Gasteiger partial charge in [0, 0.05) is 5.56 Å². The van der Waals surface area contributed by atoms with E-state index in [4.69, 9.17) is 18.9 Å². The Hall–Kier alpha value is -1.46. The van der Waals surface area contributed by atoms with E-state index >= 15 is 0 Å². The zero-order valence-electron chi connectivity index (χ0n) is 9.23. The number of phenolic OH excluding ortho intramolecular Hbond substituents is 1. The van der Waals surface area contributed by atoms with Crippen LogP contribution in [0.3, 0.4) is 0 Å². The third-order valence-corrected chi connectivity index (χ3v) is 2.38. The van der Waals surface area contributed by atoms with E-state index in [-0.39, 0.29) is 5.75 Å². The number of rotatable bonds is 3. The van der Waals surface area contributed by atoms with Gasteiger partial charge in [0.15, 0.2) is 17.8 Å². The predicted octanol–water partition coefficient (Wildman–Crippen LogP) is 1.45. The quantitative estimate of drug-likeness (QED) is 0.845. The molecule has 1 aliphatic heterocycles. The van der Waals surface area contributed by atoms with Crippen molar-refractivity contribution in [3.8, 4) is 17.2 Å². The van der Waals surface area contributed by atoms with Crippen molar-refractivity contribution in [3.05, 3.63) is 17.7 Å². The van der Waals surface area contributed by atoms with Crippen molar-refractivity contribution >= 4 is 0 Å². The fourth-order valence-electron chi connectivity index (χ4n) is 1.65. The molecule has 0 radical (unpaired) electrons. The Bertz CT molecular complexity index is 371. The van der Waals surface area contributed by atoms with Crippen molar-refractivity contribution in [1.82, 2.24) is 0 Å². The zero-order valence-corrected chi connectivity index (χ0v) is 9.23. The molecule has 88 valence electrons. The van der Waals surface area contributed by atoms with E-state index in [1.165, 1.54) is 14.2 Å². The molecule has 16 heavy (non-hydrogen) atoms. The van der Waals surface area contributed by atoms with Crippen LogP contribution < -0.4 is 9.47 Å². The van der Waals surface area contributed by atoms with Gasteiger partial charge in [0.1, 0.15) is 0 Å². The summed E-state index contributed by atoms with van der Waals surface area (Å²) < 4.78 is 20.8. The molecule has 5 nitrogen and oxygen atoms in total. The maximum atomic E-state index is 9.75. The third-order valence-electron chi connectivity index (χ3n) is 2.38. The minimum absolute atomic E-state index is 0.0101. The predicted molar refractivity (Wildman–Crippen MR) is 55.9 cm³/mol. The Morgan fingerprint density at radius 2 is 1.88 bits per heavy atom. The summed E-state index contributed by atoms with van der Waals surface area (Å²) in [6.45, 7) is 1.11. The molecule has 1 aromatic rings. The van der Waals surface area contributed by atoms with Gasteiger partial charge in [-0.15, -0.1) is 0 Å². The second-order valence-electron chi connectivity index (χ2n) is 3.35. The number of ether oxygens (including phenoxy) is 4. The molecule has 1 saturated heterocycles. The number of phenols is 1. The van der Waals surface area contributed by atoms with E-state index < -0.39 is 6.29 Å². The number of hydrogen-bond acceptors (Lipinski definition) is 5. The fraction of sp³-hybridized carbons (Fsp3) is 0.455. The molecule has 1 fully saturated rings. The Labute approximate surface area is 93.5 Å². The average Bonchev–Trinajstić information content (AvgIpc) is 2.81. The van der Waals surface area contributed by atoms with Crippen LogP contribution in [0.4, 0.5) is 0 Å². The van der Waals surface area contributed by atoms with E-state index in [1.54, 1.807) is 12.1 Å². The smallest absolute Gasteiger partial charge is 0.203 e. The second-order valence-corrected chi connectivity index (χ2v) is 3.35. The normalized spacial score (nSPS) is 16.4. The highest BCUT2D eigenvalue weighted by Crippen LogP contribution is 2.40. The molecule has 0 bridgehead atoms. The Kier molecular flexibility index (Phi) is 3.17. The van der Waals surface area contributed by atoms with Crippen LogP contribution in [0.25, 0.3) is 0 Å². The van der Waals surface area contributed by atoms with E-state index in [0.29, 0.717) is 30.3 Å². The summed E-state index contributed by atoms with van der Waals surface area (Å²) in [4.78, 5) is 0. The monoisotopic (exact) mass is 226 g/mol. The van der Waals surface area contributed by atoms with Gasteiger partial charge >= 0.3 is 0 Å². The van der Waals surface area contributed by atoms with Crippen molar-refractivity contribution < 1.29 is 24.1 Å². The summed E-state index contributed by atoms with van der Waals surface area (Å²) in [7, 11) is 2.98.